The summed E-state index contributed by atoms with van der Waals surface area (Å²) in [6.07, 6.45) is 2.32. The smallest absolute Gasteiger partial charge is 0.0208 e. The highest BCUT2D eigenvalue weighted by atomic mass is 14.9. The van der Waals surface area contributed by atoms with Crippen LogP contribution in [0.1, 0.15) is 31.4 Å². The van der Waals surface area contributed by atoms with Crippen molar-refractivity contribution in [3.05, 3.63) is 35.4 Å². The van der Waals surface area contributed by atoms with Crippen molar-refractivity contribution >= 4 is 0 Å². The van der Waals surface area contributed by atoms with Gasteiger partial charge in [0.25, 0.3) is 0 Å². The topological polar surface area (TPSA) is 24.1 Å². The van der Waals surface area contributed by atoms with Crippen molar-refractivity contribution in [3.8, 4) is 0 Å². The number of hydrogen-bond donors (Lipinski definition) is 2. The summed E-state index contributed by atoms with van der Waals surface area (Å²) < 4.78 is 0. The third kappa shape index (κ3) is 4.77. The lowest BCUT2D eigenvalue weighted by atomic mass is 10.1. The van der Waals surface area contributed by atoms with E-state index in [2.05, 4.69) is 48.7 Å². The number of nitrogens with one attached hydrogen (secondary N) is 2. The second-order valence-electron chi connectivity index (χ2n) is 4.05. The Bertz CT molecular complexity index is 284. The standard InChI is InChI=1S/C14H24N2/c1-3-9-15-10-11-16-12-14-8-6-5-7-13(14)4-2/h5-8,15-16H,3-4,9-12H2,1-2H3. The van der Waals surface area contributed by atoms with Crippen molar-refractivity contribution in [1.29, 1.82) is 0 Å². The number of hydrogen-bond acceptors (Lipinski definition) is 2. The van der Waals surface area contributed by atoms with Crippen molar-refractivity contribution in [2.75, 3.05) is 19.6 Å². The molecular formula is C14H24N2. The van der Waals surface area contributed by atoms with Gasteiger partial charge in [0.05, 0.1) is 0 Å². The van der Waals surface area contributed by atoms with Gasteiger partial charge in [-0.15, -0.1) is 0 Å². The highest BCUT2D eigenvalue weighted by molar-refractivity contribution is 5.26. The van der Waals surface area contributed by atoms with E-state index in [-0.39, 0.29) is 0 Å². The van der Waals surface area contributed by atoms with Crippen molar-refractivity contribution in [1.82, 2.24) is 10.6 Å². The number of aryl methyl sites for hydroxylation is 1. The van der Waals surface area contributed by atoms with Crippen LogP contribution in [0.4, 0.5) is 0 Å². The molecule has 0 aliphatic rings. The van der Waals surface area contributed by atoms with Gasteiger partial charge in [-0.05, 0) is 30.5 Å². The molecule has 90 valence electrons. The van der Waals surface area contributed by atoms with E-state index < -0.39 is 0 Å². The van der Waals surface area contributed by atoms with Crippen LogP contribution >= 0.6 is 0 Å². The summed E-state index contributed by atoms with van der Waals surface area (Å²) in [6.45, 7) is 8.60. The zero-order valence-corrected chi connectivity index (χ0v) is 10.6. The first-order chi connectivity index (χ1) is 7.88. The van der Waals surface area contributed by atoms with E-state index in [1.165, 1.54) is 17.5 Å². The van der Waals surface area contributed by atoms with E-state index in [4.69, 9.17) is 0 Å². The van der Waals surface area contributed by atoms with Gasteiger partial charge in [-0.1, -0.05) is 38.1 Å². The van der Waals surface area contributed by atoms with Gasteiger partial charge >= 0.3 is 0 Å². The molecule has 0 saturated carbocycles. The molecule has 1 rings (SSSR count). The molecule has 0 atom stereocenters. The van der Waals surface area contributed by atoms with Crippen molar-refractivity contribution < 1.29 is 0 Å². The maximum atomic E-state index is 3.47. The molecule has 0 aliphatic carbocycles. The fourth-order valence-corrected chi connectivity index (χ4v) is 1.78. The third-order valence-corrected chi connectivity index (χ3v) is 2.72. The summed E-state index contributed by atoms with van der Waals surface area (Å²) in [4.78, 5) is 0. The van der Waals surface area contributed by atoms with Crippen LogP contribution in [0.2, 0.25) is 0 Å². The minimum absolute atomic E-state index is 0.984. The van der Waals surface area contributed by atoms with E-state index in [0.717, 1.165) is 32.6 Å². The van der Waals surface area contributed by atoms with E-state index in [1.807, 2.05) is 0 Å². The number of rotatable bonds is 8. The molecule has 2 N–H and O–H groups in total. The molecule has 0 amide bonds. The fourth-order valence-electron chi connectivity index (χ4n) is 1.78. The van der Waals surface area contributed by atoms with Gasteiger partial charge in [0.15, 0.2) is 0 Å². The quantitative estimate of drug-likeness (QED) is 0.657. The van der Waals surface area contributed by atoms with E-state index in [1.54, 1.807) is 0 Å². The average molecular weight is 220 g/mol. The normalized spacial score (nSPS) is 10.6. The van der Waals surface area contributed by atoms with Crippen molar-refractivity contribution in [2.45, 2.75) is 33.2 Å². The Kier molecular flexibility index (Phi) is 6.86. The molecule has 0 saturated heterocycles. The Morgan fingerprint density at radius 1 is 0.875 bits per heavy atom. The highest BCUT2D eigenvalue weighted by Gasteiger charge is 1.98. The lowest BCUT2D eigenvalue weighted by molar-refractivity contribution is 0.605. The molecule has 16 heavy (non-hydrogen) atoms. The van der Waals surface area contributed by atoms with Gasteiger partial charge in [-0.2, -0.15) is 0 Å². The largest absolute Gasteiger partial charge is 0.315 e. The summed E-state index contributed by atoms with van der Waals surface area (Å²) in [7, 11) is 0. The second kappa shape index (κ2) is 8.31. The first-order valence-electron chi connectivity index (χ1n) is 6.36. The minimum Gasteiger partial charge on any atom is -0.315 e. The average Bonchev–Trinajstić information content (AvgIpc) is 2.34. The third-order valence-electron chi connectivity index (χ3n) is 2.72. The zero-order valence-electron chi connectivity index (χ0n) is 10.6. The Balaban J connectivity index is 2.21. The van der Waals surface area contributed by atoms with Crippen LogP contribution < -0.4 is 10.6 Å². The van der Waals surface area contributed by atoms with Crippen LogP contribution in [-0.4, -0.2) is 19.6 Å². The molecule has 0 fully saturated rings. The molecule has 0 aliphatic heterocycles. The lowest BCUT2D eigenvalue weighted by Crippen LogP contribution is -2.27. The maximum Gasteiger partial charge on any atom is 0.0208 e. The van der Waals surface area contributed by atoms with E-state index >= 15 is 0 Å². The molecule has 2 heteroatoms. The molecule has 2 nitrogen and oxygen atoms in total. The summed E-state index contributed by atoms with van der Waals surface area (Å²) in [5, 5.41) is 6.86. The Labute approximate surface area is 99.5 Å². The molecule has 1 aromatic carbocycles. The Morgan fingerprint density at radius 2 is 1.56 bits per heavy atom. The van der Waals surface area contributed by atoms with Crippen molar-refractivity contribution in [2.24, 2.45) is 0 Å². The summed E-state index contributed by atoms with van der Waals surface area (Å²) >= 11 is 0. The molecule has 0 radical (unpaired) electrons. The Morgan fingerprint density at radius 3 is 2.25 bits per heavy atom. The predicted molar refractivity (Wildman–Crippen MR) is 70.7 cm³/mol. The van der Waals surface area contributed by atoms with Gasteiger partial charge in [0, 0.05) is 19.6 Å². The van der Waals surface area contributed by atoms with Gasteiger partial charge in [0.2, 0.25) is 0 Å². The monoisotopic (exact) mass is 220 g/mol. The van der Waals surface area contributed by atoms with Crippen LogP contribution in [0.3, 0.4) is 0 Å². The summed E-state index contributed by atoms with van der Waals surface area (Å²) in [5.41, 5.74) is 2.89. The molecule has 0 aromatic heterocycles. The molecule has 0 unspecified atom stereocenters. The molecule has 1 aromatic rings. The van der Waals surface area contributed by atoms with Gasteiger partial charge in [-0.25, -0.2) is 0 Å². The van der Waals surface area contributed by atoms with Crippen LogP contribution in [0, 0.1) is 0 Å². The first kappa shape index (κ1) is 13.2. The number of benzene rings is 1. The second-order valence-corrected chi connectivity index (χ2v) is 4.05. The lowest BCUT2D eigenvalue weighted by Gasteiger charge is -2.09. The predicted octanol–water partition coefficient (Wildman–Crippen LogP) is 2.34. The van der Waals surface area contributed by atoms with E-state index in [9.17, 15) is 0 Å². The molecule has 0 heterocycles. The van der Waals surface area contributed by atoms with Crippen LogP contribution in [0.25, 0.3) is 0 Å². The van der Waals surface area contributed by atoms with Crippen molar-refractivity contribution in [3.63, 3.8) is 0 Å². The van der Waals surface area contributed by atoms with Crippen LogP contribution in [0.5, 0.6) is 0 Å². The van der Waals surface area contributed by atoms with Gasteiger partial charge < -0.3 is 10.6 Å². The minimum atomic E-state index is 0.984. The van der Waals surface area contributed by atoms with E-state index in [0.29, 0.717) is 0 Å². The van der Waals surface area contributed by atoms with Crippen LogP contribution in [0.15, 0.2) is 24.3 Å². The summed E-state index contributed by atoms with van der Waals surface area (Å²) in [5.74, 6) is 0. The first-order valence-corrected chi connectivity index (χ1v) is 6.36. The van der Waals surface area contributed by atoms with Gasteiger partial charge in [-0.3, -0.25) is 0 Å². The zero-order chi connectivity index (χ0) is 11.6. The molecule has 0 spiro atoms. The SMILES string of the molecule is CCCNCCNCc1ccccc1CC. The maximum absolute atomic E-state index is 3.47. The Hall–Kier alpha value is -0.860. The van der Waals surface area contributed by atoms with Gasteiger partial charge in [0.1, 0.15) is 0 Å². The summed E-state index contributed by atoms with van der Waals surface area (Å²) in [6, 6.07) is 8.66. The van der Waals surface area contributed by atoms with Crippen LogP contribution in [-0.2, 0) is 13.0 Å². The molecule has 0 bridgehead atoms. The molecular weight excluding hydrogens is 196 g/mol. The fraction of sp³-hybridized carbons (Fsp3) is 0.571. The highest BCUT2D eigenvalue weighted by Crippen LogP contribution is 2.08.